The molecule has 0 saturated carbocycles. The van der Waals surface area contributed by atoms with E-state index in [-0.39, 0.29) is 6.04 Å². The Morgan fingerprint density at radius 2 is 1.80 bits per heavy atom. The van der Waals surface area contributed by atoms with Gasteiger partial charge in [0.25, 0.3) is 0 Å². The van der Waals surface area contributed by atoms with Crippen molar-refractivity contribution in [2.45, 2.75) is 19.9 Å². The van der Waals surface area contributed by atoms with Gasteiger partial charge < -0.3 is 15.2 Å². The standard InChI is InChI=1S/C15H18BrNO2S/c1-3-18-12-6-5-10(7-13(12)19-4-2)15(17)11-8-14(16)20-9-11/h5-9,15H,3-4,17H2,1-2H3. The minimum absolute atomic E-state index is 0.160. The van der Waals surface area contributed by atoms with Crippen LogP contribution in [0.15, 0.2) is 33.4 Å². The third-order valence-corrected chi connectivity index (χ3v) is 4.40. The Labute approximate surface area is 131 Å². The van der Waals surface area contributed by atoms with E-state index < -0.39 is 0 Å². The van der Waals surface area contributed by atoms with E-state index in [0.29, 0.717) is 13.2 Å². The van der Waals surface area contributed by atoms with Crippen LogP contribution >= 0.6 is 27.3 Å². The first-order valence-electron chi connectivity index (χ1n) is 6.54. The lowest BCUT2D eigenvalue weighted by Gasteiger charge is -2.15. The van der Waals surface area contributed by atoms with Gasteiger partial charge in [-0.25, -0.2) is 0 Å². The summed E-state index contributed by atoms with van der Waals surface area (Å²) in [5, 5.41) is 2.06. The number of halogens is 1. The zero-order valence-electron chi connectivity index (χ0n) is 11.6. The van der Waals surface area contributed by atoms with E-state index in [2.05, 4.69) is 21.3 Å². The zero-order valence-corrected chi connectivity index (χ0v) is 14.0. The highest BCUT2D eigenvalue weighted by molar-refractivity contribution is 9.11. The van der Waals surface area contributed by atoms with Crippen LogP contribution in [0, 0.1) is 0 Å². The van der Waals surface area contributed by atoms with Crippen molar-refractivity contribution in [2.24, 2.45) is 5.73 Å². The molecule has 1 atom stereocenters. The fourth-order valence-corrected chi connectivity index (χ4v) is 3.15. The topological polar surface area (TPSA) is 44.5 Å². The van der Waals surface area contributed by atoms with Crippen molar-refractivity contribution in [3.05, 3.63) is 44.6 Å². The highest BCUT2D eigenvalue weighted by Crippen LogP contribution is 2.33. The number of hydrogen-bond acceptors (Lipinski definition) is 4. The number of thiophene rings is 1. The van der Waals surface area contributed by atoms with E-state index in [0.717, 1.165) is 26.4 Å². The van der Waals surface area contributed by atoms with Crippen molar-refractivity contribution in [1.82, 2.24) is 0 Å². The average Bonchev–Trinajstić information content (AvgIpc) is 2.87. The zero-order chi connectivity index (χ0) is 14.5. The second-order valence-corrected chi connectivity index (χ2v) is 6.52. The van der Waals surface area contributed by atoms with Crippen molar-refractivity contribution in [2.75, 3.05) is 13.2 Å². The summed E-state index contributed by atoms with van der Waals surface area (Å²) in [6.45, 7) is 5.13. The predicted molar refractivity (Wildman–Crippen MR) is 86.8 cm³/mol. The van der Waals surface area contributed by atoms with Gasteiger partial charge in [-0.1, -0.05) is 6.07 Å². The Kier molecular flexibility index (Phi) is 5.46. The minimum atomic E-state index is -0.160. The molecule has 0 fully saturated rings. The molecule has 5 heteroatoms. The number of hydrogen-bond donors (Lipinski definition) is 1. The van der Waals surface area contributed by atoms with Gasteiger partial charge in [0.1, 0.15) is 0 Å². The largest absolute Gasteiger partial charge is 0.490 e. The highest BCUT2D eigenvalue weighted by Gasteiger charge is 2.14. The van der Waals surface area contributed by atoms with Crippen LogP contribution in [0.4, 0.5) is 0 Å². The minimum Gasteiger partial charge on any atom is -0.490 e. The van der Waals surface area contributed by atoms with Crippen molar-refractivity contribution in [3.8, 4) is 11.5 Å². The lowest BCUT2D eigenvalue weighted by atomic mass is 10.0. The summed E-state index contributed by atoms with van der Waals surface area (Å²) in [5.74, 6) is 1.51. The summed E-state index contributed by atoms with van der Waals surface area (Å²) >= 11 is 5.10. The molecule has 0 saturated heterocycles. The maximum absolute atomic E-state index is 6.31. The number of nitrogens with two attached hydrogens (primary N) is 1. The SMILES string of the molecule is CCOc1ccc(C(N)c2csc(Br)c2)cc1OCC. The van der Waals surface area contributed by atoms with Crippen LogP contribution in [-0.4, -0.2) is 13.2 Å². The molecule has 2 N–H and O–H groups in total. The summed E-state index contributed by atoms with van der Waals surface area (Å²) in [6, 6.07) is 7.76. The van der Waals surface area contributed by atoms with Gasteiger partial charge >= 0.3 is 0 Å². The van der Waals surface area contributed by atoms with Crippen LogP contribution in [0.5, 0.6) is 11.5 Å². The van der Waals surface area contributed by atoms with Gasteiger partial charge in [-0.2, -0.15) is 0 Å². The van der Waals surface area contributed by atoms with Crippen molar-refractivity contribution in [3.63, 3.8) is 0 Å². The lowest BCUT2D eigenvalue weighted by Crippen LogP contribution is -2.11. The maximum Gasteiger partial charge on any atom is 0.161 e. The van der Waals surface area contributed by atoms with E-state index in [1.165, 1.54) is 0 Å². The van der Waals surface area contributed by atoms with Gasteiger partial charge in [0.2, 0.25) is 0 Å². The van der Waals surface area contributed by atoms with Gasteiger partial charge in [0, 0.05) is 0 Å². The molecule has 0 amide bonds. The van der Waals surface area contributed by atoms with Crippen molar-refractivity contribution in [1.29, 1.82) is 0 Å². The van der Waals surface area contributed by atoms with E-state index in [1.54, 1.807) is 11.3 Å². The third kappa shape index (κ3) is 3.53. The van der Waals surface area contributed by atoms with Crippen LogP contribution < -0.4 is 15.2 Å². The first-order valence-corrected chi connectivity index (χ1v) is 8.22. The summed E-state index contributed by atoms with van der Waals surface area (Å²) < 4.78 is 12.3. The van der Waals surface area contributed by atoms with Gasteiger partial charge in [-0.05, 0) is 64.5 Å². The Hall–Kier alpha value is -1.04. The van der Waals surface area contributed by atoms with Crippen LogP contribution in [-0.2, 0) is 0 Å². The Bertz CT molecular complexity index is 571. The summed E-state index contributed by atoms with van der Waals surface area (Å²) in [6.07, 6.45) is 0. The second kappa shape index (κ2) is 7.11. The highest BCUT2D eigenvalue weighted by atomic mass is 79.9. The molecular formula is C15H18BrNO2S. The molecule has 1 heterocycles. The maximum atomic E-state index is 6.31. The molecule has 1 aromatic heterocycles. The van der Waals surface area contributed by atoms with E-state index >= 15 is 0 Å². The van der Waals surface area contributed by atoms with Crippen LogP contribution in [0.1, 0.15) is 31.0 Å². The Morgan fingerprint density at radius 1 is 1.10 bits per heavy atom. The third-order valence-electron chi connectivity index (χ3n) is 2.87. The fraction of sp³-hybridized carbons (Fsp3) is 0.333. The molecule has 2 rings (SSSR count). The number of ether oxygens (including phenoxy) is 2. The first kappa shape index (κ1) is 15.4. The second-order valence-electron chi connectivity index (χ2n) is 4.23. The molecule has 0 spiro atoms. The van der Waals surface area contributed by atoms with Gasteiger partial charge in [-0.3, -0.25) is 0 Å². The average molecular weight is 356 g/mol. The number of benzene rings is 1. The molecule has 108 valence electrons. The fourth-order valence-electron chi connectivity index (χ4n) is 1.94. The van der Waals surface area contributed by atoms with Crippen molar-refractivity contribution >= 4 is 27.3 Å². The Morgan fingerprint density at radius 3 is 2.40 bits per heavy atom. The molecule has 0 bridgehead atoms. The predicted octanol–water partition coefficient (Wildman–Crippen LogP) is 4.36. The smallest absolute Gasteiger partial charge is 0.161 e. The molecule has 0 aliphatic carbocycles. The molecule has 1 unspecified atom stereocenters. The van der Waals surface area contributed by atoms with Crippen LogP contribution in [0.2, 0.25) is 0 Å². The molecule has 20 heavy (non-hydrogen) atoms. The molecule has 0 aliphatic heterocycles. The number of rotatable bonds is 6. The van der Waals surface area contributed by atoms with Gasteiger partial charge in [0.05, 0.1) is 23.0 Å². The van der Waals surface area contributed by atoms with Crippen LogP contribution in [0.25, 0.3) is 0 Å². The molecule has 0 aliphatic rings. The summed E-state index contributed by atoms with van der Waals surface area (Å²) in [4.78, 5) is 0. The molecule has 3 nitrogen and oxygen atoms in total. The van der Waals surface area contributed by atoms with E-state index in [9.17, 15) is 0 Å². The molecule has 1 aromatic carbocycles. The summed E-state index contributed by atoms with van der Waals surface area (Å²) in [7, 11) is 0. The van der Waals surface area contributed by atoms with E-state index in [1.807, 2.05) is 38.1 Å². The summed E-state index contributed by atoms with van der Waals surface area (Å²) in [5.41, 5.74) is 8.42. The van der Waals surface area contributed by atoms with Gasteiger partial charge in [-0.15, -0.1) is 11.3 Å². The lowest BCUT2D eigenvalue weighted by molar-refractivity contribution is 0.287. The van der Waals surface area contributed by atoms with Gasteiger partial charge in [0.15, 0.2) is 11.5 Å². The van der Waals surface area contributed by atoms with E-state index in [4.69, 9.17) is 15.2 Å². The molecular weight excluding hydrogens is 338 g/mol. The molecule has 2 aromatic rings. The molecule has 0 radical (unpaired) electrons. The van der Waals surface area contributed by atoms with Crippen LogP contribution in [0.3, 0.4) is 0 Å². The normalized spacial score (nSPS) is 12.2. The first-order chi connectivity index (χ1) is 9.65. The Balaban J connectivity index is 2.29. The van der Waals surface area contributed by atoms with Crippen molar-refractivity contribution < 1.29 is 9.47 Å². The quantitative estimate of drug-likeness (QED) is 0.837. The monoisotopic (exact) mass is 355 g/mol.